The van der Waals surface area contributed by atoms with Crippen molar-refractivity contribution in [3.63, 3.8) is 0 Å². The molecule has 1 amide bonds. The lowest BCUT2D eigenvalue weighted by Gasteiger charge is -2.13. The van der Waals surface area contributed by atoms with E-state index in [4.69, 9.17) is 27.9 Å². The Labute approximate surface area is 161 Å². The zero-order valence-corrected chi connectivity index (χ0v) is 15.7. The number of carbonyl (C=O) groups is 3. The molecule has 136 valence electrons. The maximum Gasteiger partial charge on any atom is 0.326 e. The highest BCUT2D eigenvalue weighted by atomic mass is 35.5. The predicted molar refractivity (Wildman–Crippen MR) is 99.9 cm³/mol. The van der Waals surface area contributed by atoms with E-state index in [1.807, 2.05) is 6.92 Å². The Morgan fingerprint density at radius 3 is 2.23 bits per heavy atom. The van der Waals surface area contributed by atoms with Gasteiger partial charge in [0.2, 0.25) is 5.78 Å². The maximum atomic E-state index is 12.2. The van der Waals surface area contributed by atoms with Crippen molar-refractivity contribution in [3.05, 3.63) is 69.2 Å². The summed E-state index contributed by atoms with van der Waals surface area (Å²) >= 11 is 11.6. The van der Waals surface area contributed by atoms with E-state index < -0.39 is 18.0 Å². The Morgan fingerprint density at radius 2 is 1.62 bits per heavy atom. The van der Waals surface area contributed by atoms with Crippen molar-refractivity contribution in [2.45, 2.75) is 20.0 Å². The van der Waals surface area contributed by atoms with Gasteiger partial charge in [0.25, 0.3) is 5.91 Å². The van der Waals surface area contributed by atoms with Crippen LogP contribution in [0.1, 0.15) is 33.2 Å². The van der Waals surface area contributed by atoms with E-state index in [1.165, 1.54) is 25.1 Å². The molecule has 0 heterocycles. The first kappa shape index (κ1) is 19.9. The second kappa shape index (κ2) is 8.83. The fourth-order valence-corrected chi connectivity index (χ4v) is 2.43. The number of esters is 1. The fourth-order valence-electron chi connectivity index (χ4n) is 2.14. The maximum absolute atomic E-state index is 12.2. The molecule has 0 bridgehead atoms. The Bertz CT molecular complexity index is 834. The van der Waals surface area contributed by atoms with Crippen molar-refractivity contribution in [2.75, 3.05) is 6.54 Å². The van der Waals surface area contributed by atoms with Gasteiger partial charge in [0.15, 0.2) is 6.10 Å². The average molecular weight is 394 g/mol. The highest BCUT2D eigenvalue weighted by molar-refractivity contribution is 6.42. The SMILES string of the molecule is Cc1ccc(C(=O)[C@@H](C)OC(=O)CNC(=O)c2ccc(Cl)c(Cl)c2)cc1. The Morgan fingerprint density at radius 1 is 1.00 bits per heavy atom. The predicted octanol–water partition coefficient (Wildman–Crippen LogP) is 3.85. The van der Waals surface area contributed by atoms with Gasteiger partial charge >= 0.3 is 5.97 Å². The highest BCUT2D eigenvalue weighted by Crippen LogP contribution is 2.22. The van der Waals surface area contributed by atoms with Gasteiger partial charge in [-0.3, -0.25) is 14.4 Å². The monoisotopic (exact) mass is 393 g/mol. The molecular weight excluding hydrogens is 377 g/mol. The summed E-state index contributed by atoms with van der Waals surface area (Å²) in [5.74, 6) is -1.53. The first-order chi connectivity index (χ1) is 12.3. The minimum atomic E-state index is -0.952. The number of amides is 1. The molecule has 2 rings (SSSR count). The van der Waals surface area contributed by atoms with Crippen LogP contribution in [-0.4, -0.2) is 30.3 Å². The first-order valence-corrected chi connectivity index (χ1v) is 8.57. The number of nitrogens with one attached hydrogen (secondary N) is 1. The molecule has 0 unspecified atom stereocenters. The summed E-state index contributed by atoms with van der Waals surface area (Å²) in [6, 6.07) is 11.3. The fraction of sp³-hybridized carbons (Fsp3) is 0.211. The zero-order valence-electron chi connectivity index (χ0n) is 14.2. The van der Waals surface area contributed by atoms with Gasteiger partial charge in [0.1, 0.15) is 6.54 Å². The van der Waals surface area contributed by atoms with E-state index >= 15 is 0 Å². The van der Waals surface area contributed by atoms with E-state index in [-0.39, 0.29) is 22.9 Å². The molecule has 1 N–H and O–H groups in total. The number of Topliss-reactive ketones (excluding diaryl/α,β-unsaturated/α-hetero) is 1. The Kier molecular flexibility index (Phi) is 6.77. The molecule has 0 spiro atoms. The minimum absolute atomic E-state index is 0.235. The average Bonchev–Trinajstić information content (AvgIpc) is 2.62. The molecule has 7 heteroatoms. The molecular formula is C19H17Cl2NO4. The van der Waals surface area contributed by atoms with E-state index in [1.54, 1.807) is 24.3 Å². The molecule has 0 aromatic heterocycles. The normalized spacial score (nSPS) is 11.5. The van der Waals surface area contributed by atoms with E-state index in [2.05, 4.69) is 5.32 Å². The van der Waals surface area contributed by atoms with Crippen molar-refractivity contribution in [1.82, 2.24) is 5.32 Å². The van der Waals surface area contributed by atoms with E-state index in [9.17, 15) is 14.4 Å². The molecule has 5 nitrogen and oxygen atoms in total. The Balaban J connectivity index is 1.87. The summed E-state index contributed by atoms with van der Waals surface area (Å²) in [5, 5.41) is 2.97. The third-order valence-electron chi connectivity index (χ3n) is 3.59. The molecule has 0 saturated carbocycles. The van der Waals surface area contributed by atoms with Crippen LogP contribution in [0.2, 0.25) is 10.0 Å². The van der Waals surface area contributed by atoms with Gasteiger partial charge < -0.3 is 10.1 Å². The van der Waals surface area contributed by atoms with Gasteiger partial charge in [-0.2, -0.15) is 0 Å². The molecule has 2 aromatic rings. The highest BCUT2D eigenvalue weighted by Gasteiger charge is 2.20. The van der Waals surface area contributed by atoms with Gasteiger partial charge in [-0.15, -0.1) is 0 Å². The zero-order chi connectivity index (χ0) is 19.3. The standard InChI is InChI=1S/C19H17Cl2NO4/c1-11-3-5-13(6-4-11)18(24)12(2)26-17(23)10-22-19(25)14-7-8-15(20)16(21)9-14/h3-9,12H,10H2,1-2H3,(H,22,25)/t12-/m1/s1. The quantitative estimate of drug-likeness (QED) is 0.597. The number of rotatable bonds is 6. The summed E-state index contributed by atoms with van der Waals surface area (Å²) < 4.78 is 5.08. The lowest BCUT2D eigenvalue weighted by molar-refractivity contribution is -0.145. The summed E-state index contributed by atoms with van der Waals surface area (Å²) in [6.45, 7) is 3.03. The van der Waals surface area contributed by atoms with Crippen molar-refractivity contribution < 1.29 is 19.1 Å². The molecule has 1 atom stereocenters. The number of ether oxygens (including phenoxy) is 1. The lowest BCUT2D eigenvalue weighted by Crippen LogP contribution is -2.34. The second-order valence-corrected chi connectivity index (χ2v) is 6.49. The van der Waals surface area contributed by atoms with Crippen molar-refractivity contribution in [3.8, 4) is 0 Å². The summed E-state index contributed by atoms with van der Waals surface area (Å²) in [7, 11) is 0. The number of hydrogen-bond acceptors (Lipinski definition) is 4. The van der Waals surface area contributed by atoms with Crippen LogP contribution >= 0.6 is 23.2 Å². The molecule has 0 aliphatic rings. The van der Waals surface area contributed by atoms with Crippen LogP contribution in [0.25, 0.3) is 0 Å². The molecule has 0 aliphatic heterocycles. The molecule has 0 aliphatic carbocycles. The van der Waals surface area contributed by atoms with Gasteiger partial charge in [-0.1, -0.05) is 53.0 Å². The first-order valence-electron chi connectivity index (χ1n) is 7.81. The van der Waals surface area contributed by atoms with E-state index in [0.717, 1.165) is 5.56 Å². The molecule has 0 radical (unpaired) electrons. The number of benzene rings is 2. The van der Waals surface area contributed by atoms with Crippen LogP contribution in [-0.2, 0) is 9.53 Å². The van der Waals surface area contributed by atoms with Gasteiger partial charge in [0, 0.05) is 11.1 Å². The van der Waals surface area contributed by atoms with Crippen LogP contribution in [0.3, 0.4) is 0 Å². The smallest absolute Gasteiger partial charge is 0.326 e. The lowest BCUT2D eigenvalue weighted by atomic mass is 10.1. The van der Waals surface area contributed by atoms with Crippen LogP contribution < -0.4 is 5.32 Å². The largest absolute Gasteiger partial charge is 0.453 e. The van der Waals surface area contributed by atoms with Crippen molar-refractivity contribution >= 4 is 40.9 Å². The van der Waals surface area contributed by atoms with Gasteiger partial charge in [0.05, 0.1) is 10.0 Å². The topological polar surface area (TPSA) is 72.5 Å². The molecule has 0 saturated heterocycles. The van der Waals surface area contributed by atoms with Crippen LogP contribution in [0, 0.1) is 6.92 Å². The molecule has 0 fully saturated rings. The molecule has 26 heavy (non-hydrogen) atoms. The van der Waals surface area contributed by atoms with Crippen LogP contribution in [0.5, 0.6) is 0 Å². The van der Waals surface area contributed by atoms with Gasteiger partial charge in [-0.05, 0) is 32.0 Å². The number of ketones is 1. The second-order valence-electron chi connectivity index (χ2n) is 5.67. The summed E-state index contributed by atoms with van der Waals surface area (Å²) in [5.41, 5.74) is 1.74. The minimum Gasteiger partial charge on any atom is -0.453 e. The summed E-state index contributed by atoms with van der Waals surface area (Å²) in [4.78, 5) is 36.1. The molecule has 2 aromatic carbocycles. The van der Waals surface area contributed by atoms with Crippen LogP contribution in [0.4, 0.5) is 0 Å². The van der Waals surface area contributed by atoms with Gasteiger partial charge in [-0.25, -0.2) is 0 Å². The third-order valence-corrected chi connectivity index (χ3v) is 4.33. The number of hydrogen-bond donors (Lipinski definition) is 1. The van der Waals surface area contributed by atoms with Crippen molar-refractivity contribution in [1.29, 1.82) is 0 Å². The number of carbonyl (C=O) groups excluding carboxylic acids is 3. The summed E-state index contributed by atoms with van der Waals surface area (Å²) in [6.07, 6.45) is -0.952. The van der Waals surface area contributed by atoms with Crippen molar-refractivity contribution in [2.24, 2.45) is 0 Å². The van der Waals surface area contributed by atoms with Crippen LogP contribution in [0.15, 0.2) is 42.5 Å². The Hall–Kier alpha value is -2.37. The number of aryl methyl sites for hydroxylation is 1. The third kappa shape index (κ3) is 5.31. The van der Waals surface area contributed by atoms with E-state index in [0.29, 0.717) is 10.6 Å². The number of halogens is 2.